The Kier molecular flexibility index (Phi) is 3.54. The Bertz CT molecular complexity index is 1300. The molecule has 3 aromatic carbocycles. The predicted molar refractivity (Wildman–Crippen MR) is 122 cm³/mol. The molecule has 0 aromatic heterocycles. The number of hydrogen-bond acceptors (Lipinski definition) is 4. The van der Waals surface area contributed by atoms with Crippen molar-refractivity contribution in [3.63, 3.8) is 0 Å². The highest BCUT2D eigenvalue weighted by molar-refractivity contribution is 7.80. The number of anilines is 2. The molecule has 2 N–H and O–H groups in total. The zero-order chi connectivity index (χ0) is 20.8. The van der Waals surface area contributed by atoms with Crippen molar-refractivity contribution < 1.29 is 10.2 Å². The van der Waals surface area contributed by atoms with E-state index in [1.165, 1.54) is 0 Å². The summed E-state index contributed by atoms with van der Waals surface area (Å²) in [6, 6.07) is 19.4. The van der Waals surface area contributed by atoms with Crippen molar-refractivity contribution in [2.45, 2.75) is 11.4 Å². The highest BCUT2D eigenvalue weighted by Gasteiger charge is 2.75. The van der Waals surface area contributed by atoms with Gasteiger partial charge >= 0.3 is 0 Å². The van der Waals surface area contributed by atoms with Crippen molar-refractivity contribution in [3.05, 3.63) is 87.9 Å². The topological polar surface area (TPSA) is 59.3 Å². The van der Waals surface area contributed by atoms with Crippen molar-refractivity contribution in [2.75, 3.05) is 9.80 Å². The van der Waals surface area contributed by atoms with Crippen molar-refractivity contribution in [3.8, 4) is 0 Å². The number of aliphatic imine (C=N–C) groups is 1. The molecule has 0 unspecified atom stereocenters. The van der Waals surface area contributed by atoms with Crippen LogP contribution in [0.15, 0.2) is 71.7 Å². The molecule has 1 fully saturated rings. The minimum Gasteiger partial charge on any atom is -0.362 e. The van der Waals surface area contributed by atoms with Gasteiger partial charge in [-0.15, -0.1) is 0 Å². The lowest BCUT2D eigenvalue weighted by Gasteiger charge is -2.40. The minimum absolute atomic E-state index is 0.229. The van der Waals surface area contributed by atoms with E-state index in [0.717, 1.165) is 0 Å². The van der Waals surface area contributed by atoms with Crippen LogP contribution in [0.1, 0.15) is 11.1 Å². The van der Waals surface area contributed by atoms with Gasteiger partial charge in [0.15, 0.2) is 5.11 Å². The largest absolute Gasteiger partial charge is 0.362 e. The normalized spacial score (nSPS) is 25.7. The van der Waals surface area contributed by atoms with Crippen LogP contribution in [0.4, 0.5) is 17.1 Å². The van der Waals surface area contributed by atoms with Gasteiger partial charge in [0.05, 0.1) is 11.4 Å². The highest BCUT2D eigenvalue weighted by atomic mass is 35.5. The highest BCUT2D eigenvalue weighted by Crippen LogP contribution is 2.59. The van der Waals surface area contributed by atoms with E-state index in [1.54, 1.807) is 58.3 Å². The van der Waals surface area contributed by atoms with Gasteiger partial charge in [-0.3, -0.25) is 9.80 Å². The molecule has 6 rings (SSSR count). The van der Waals surface area contributed by atoms with Crippen molar-refractivity contribution >= 4 is 63.3 Å². The third kappa shape index (κ3) is 1.96. The van der Waals surface area contributed by atoms with Crippen LogP contribution >= 0.6 is 35.4 Å². The van der Waals surface area contributed by atoms with E-state index < -0.39 is 11.4 Å². The van der Waals surface area contributed by atoms with Gasteiger partial charge in [-0.1, -0.05) is 47.5 Å². The second-order valence-electron chi connectivity index (χ2n) is 7.41. The number of rotatable bonds is 1. The van der Waals surface area contributed by atoms with Crippen molar-refractivity contribution in [1.82, 2.24) is 0 Å². The number of aliphatic hydroxyl groups is 2. The summed E-state index contributed by atoms with van der Waals surface area (Å²) in [7, 11) is 0. The summed E-state index contributed by atoms with van der Waals surface area (Å²) in [6.45, 7) is 0. The van der Waals surface area contributed by atoms with Crippen LogP contribution in [-0.2, 0) is 5.72 Å². The number of hydrogen-bond donors (Lipinski definition) is 2. The summed E-state index contributed by atoms with van der Waals surface area (Å²) in [6.07, 6.45) is 0. The second kappa shape index (κ2) is 5.81. The number of benzene rings is 3. The average molecular weight is 454 g/mol. The third-order valence-electron chi connectivity index (χ3n) is 5.90. The van der Waals surface area contributed by atoms with E-state index in [0.29, 0.717) is 43.9 Å². The van der Waals surface area contributed by atoms with Crippen LogP contribution in [-0.4, -0.2) is 26.8 Å². The van der Waals surface area contributed by atoms with E-state index in [4.69, 9.17) is 40.4 Å². The van der Waals surface area contributed by atoms with Crippen molar-refractivity contribution in [2.24, 2.45) is 4.99 Å². The molecule has 0 spiro atoms. The van der Waals surface area contributed by atoms with Gasteiger partial charge in [-0.2, -0.15) is 0 Å². The van der Waals surface area contributed by atoms with E-state index in [-0.39, 0.29) is 5.11 Å². The second-order valence-corrected chi connectivity index (χ2v) is 8.65. The smallest absolute Gasteiger partial charge is 0.243 e. The van der Waals surface area contributed by atoms with E-state index in [9.17, 15) is 10.2 Å². The average Bonchev–Trinajstić information content (AvgIpc) is 3.04. The van der Waals surface area contributed by atoms with E-state index in [2.05, 4.69) is 0 Å². The van der Waals surface area contributed by atoms with Gasteiger partial charge in [-0.25, -0.2) is 4.99 Å². The molecule has 0 saturated carbocycles. The molecule has 1 aliphatic carbocycles. The van der Waals surface area contributed by atoms with Gasteiger partial charge < -0.3 is 10.2 Å². The Hall–Kier alpha value is -2.48. The van der Waals surface area contributed by atoms with E-state index in [1.807, 2.05) is 18.2 Å². The molecule has 1 saturated heterocycles. The molecule has 5 nitrogen and oxygen atoms in total. The Morgan fingerprint density at radius 2 is 1.53 bits per heavy atom. The van der Waals surface area contributed by atoms with Crippen LogP contribution in [0.2, 0.25) is 10.0 Å². The van der Waals surface area contributed by atoms with Crippen molar-refractivity contribution in [1.29, 1.82) is 0 Å². The summed E-state index contributed by atoms with van der Waals surface area (Å²) in [4.78, 5) is 7.82. The van der Waals surface area contributed by atoms with Crippen LogP contribution in [0.3, 0.4) is 0 Å². The van der Waals surface area contributed by atoms with Gasteiger partial charge in [-0.05, 0) is 54.7 Å². The van der Waals surface area contributed by atoms with Gasteiger partial charge in [0.25, 0.3) is 0 Å². The quantitative estimate of drug-likeness (QED) is 0.527. The Morgan fingerprint density at radius 1 is 0.833 bits per heavy atom. The predicted octanol–water partition coefficient (Wildman–Crippen LogP) is 4.59. The van der Waals surface area contributed by atoms with Gasteiger partial charge in [0.1, 0.15) is 5.71 Å². The first kappa shape index (κ1) is 18.3. The summed E-state index contributed by atoms with van der Waals surface area (Å²) in [5.41, 5.74) is -0.568. The molecule has 0 radical (unpaired) electrons. The molecule has 3 aliphatic rings. The lowest BCUT2D eigenvalue weighted by molar-refractivity contribution is -0.0845. The maximum Gasteiger partial charge on any atom is 0.243 e. The van der Waals surface area contributed by atoms with Gasteiger partial charge in [0, 0.05) is 26.9 Å². The Labute approximate surface area is 187 Å². The van der Waals surface area contributed by atoms with Gasteiger partial charge in [0.2, 0.25) is 11.4 Å². The molecule has 2 heterocycles. The maximum atomic E-state index is 12.2. The summed E-state index contributed by atoms with van der Waals surface area (Å²) < 4.78 is 0. The fourth-order valence-corrected chi connectivity index (χ4v) is 5.40. The summed E-state index contributed by atoms with van der Waals surface area (Å²) >= 11 is 18.1. The fraction of sp³-hybridized carbons (Fsp3) is 0.0909. The molecule has 30 heavy (non-hydrogen) atoms. The maximum absolute atomic E-state index is 12.2. The lowest BCUT2D eigenvalue weighted by Crippen LogP contribution is -2.61. The molecule has 0 bridgehead atoms. The molecular weight excluding hydrogens is 441 g/mol. The van der Waals surface area contributed by atoms with Crippen LogP contribution in [0.25, 0.3) is 0 Å². The first-order valence-corrected chi connectivity index (χ1v) is 10.4. The number of fused-ring (bicyclic) bond motifs is 5. The van der Waals surface area contributed by atoms with Crippen LogP contribution < -0.4 is 9.80 Å². The molecule has 2 aliphatic heterocycles. The molecule has 148 valence electrons. The van der Waals surface area contributed by atoms with Crippen LogP contribution in [0, 0.1) is 0 Å². The van der Waals surface area contributed by atoms with Crippen LogP contribution in [0.5, 0.6) is 0 Å². The first-order valence-electron chi connectivity index (χ1n) is 9.20. The Morgan fingerprint density at radius 3 is 2.30 bits per heavy atom. The van der Waals surface area contributed by atoms with E-state index >= 15 is 0 Å². The number of thiocarbonyl (C=S) groups is 1. The molecular formula is C22H13Cl2N3O2S. The zero-order valence-corrected chi connectivity index (χ0v) is 17.6. The molecule has 0 amide bonds. The third-order valence-corrected chi connectivity index (χ3v) is 6.75. The fourth-order valence-electron chi connectivity index (χ4n) is 4.64. The molecule has 2 atom stereocenters. The number of halogens is 2. The monoisotopic (exact) mass is 453 g/mol. The summed E-state index contributed by atoms with van der Waals surface area (Å²) in [5.74, 6) is 0. The Balaban J connectivity index is 1.72. The minimum atomic E-state index is -1.93. The standard InChI is InChI=1S/C22H13Cl2N3O2S/c23-12-5-8-14(9-6-12)26-20(30)27-18-11-13(24)7-10-17(18)25-19-15-3-1-2-4-16(15)21(26,28)22(19,27)29/h1-11,28-29H/t21-,22+/m1/s1. The number of nitrogens with zero attached hydrogens (tertiary/aromatic N) is 3. The summed E-state index contributed by atoms with van der Waals surface area (Å²) in [5, 5.41) is 25.6. The zero-order valence-electron chi connectivity index (χ0n) is 15.3. The first-order chi connectivity index (χ1) is 14.4. The lowest BCUT2D eigenvalue weighted by atomic mass is 9.95. The molecule has 8 heteroatoms. The SMILES string of the molecule is O[C@]12C3=Nc4ccc(Cl)cc4N1C(=S)N(c1ccc(Cl)cc1)[C@@]2(O)c1ccccc13. The molecule has 3 aromatic rings.